The Morgan fingerprint density at radius 3 is 2.56 bits per heavy atom. The third-order valence-corrected chi connectivity index (χ3v) is 10.6. The predicted molar refractivity (Wildman–Crippen MR) is 132 cm³/mol. The number of fused-ring (bicyclic) bond motifs is 1. The van der Waals surface area contributed by atoms with E-state index in [1.807, 2.05) is 0 Å². The number of carbonyl (C=O) groups is 5. The molecule has 0 bridgehead atoms. The zero-order chi connectivity index (χ0) is 26.4. The first kappa shape index (κ1) is 26.5. The van der Waals surface area contributed by atoms with Gasteiger partial charge in [0.1, 0.15) is 21.2 Å². The summed E-state index contributed by atoms with van der Waals surface area (Å²) >= 11 is 4.15. The van der Waals surface area contributed by atoms with Gasteiger partial charge in [-0.05, 0) is 5.57 Å². The lowest BCUT2D eigenvalue weighted by atomic mass is 9.98. The van der Waals surface area contributed by atoms with Crippen LogP contribution in [0.4, 0.5) is 0 Å². The second-order valence-electron chi connectivity index (χ2n) is 7.39. The number of primary amides is 1. The Kier molecular flexibility index (Phi) is 7.40. The quantitative estimate of drug-likeness (QED) is 0.0620. The molecule has 4 aliphatic heterocycles. The number of hydrazone groups is 1. The van der Waals surface area contributed by atoms with Gasteiger partial charge in [0.25, 0.3) is 17.5 Å². The van der Waals surface area contributed by atoms with Crippen molar-refractivity contribution in [3.63, 3.8) is 0 Å². The molecule has 4 heterocycles. The number of amides is 3. The van der Waals surface area contributed by atoms with Crippen LogP contribution in [-0.2, 0) is 28.7 Å². The van der Waals surface area contributed by atoms with E-state index in [4.69, 9.17) is 15.6 Å². The zero-order valence-corrected chi connectivity index (χ0v) is 21.7. The third kappa shape index (κ3) is 4.39. The van der Waals surface area contributed by atoms with Crippen molar-refractivity contribution in [3.05, 3.63) is 21.1 Å². The second-order valence-corrected chi connectivity index (χ2v) is 12.2. The smallest absolute Gasteiger partial charge is 0.352 e. The highest BCUT2D eigenvalue weighted by Crippen LogP contribution is 2.53. The standard InChI is InChI=1S/C17H19N7O8S4/c1-23-16(20-21-22-23)34-4-5-3-33-15-17(32-2,14(31)24(15)7(5)11(29)30)19-9(26)13-35-12(36-13)6(8(18)25)10(27)28/h13,15,21-22H,3-4H2,1-2H3,(H2,18,25)(H,19,26)(H,27,28)(H,29,30)/t13?,15?,17-/m0/s1. The van der Waals surface area contributed by atoms with Gasteiger partial charge in [-0.1, -0.05) is 35.3 Å². The van der Waals surface area contributed by atoms with Crippen LogP contribution in [0.2, 0.25) is 0 Å². The largest absolute Gasteiger partial charge is 0.477 e. The molecule has 0 aromatic heterocycles. The van der Waals surface area contributed by atoms with Gasteiger partial charge in [0, 0.05) is 25.7 Å². The highest BCUT2D eigenvalue weighted by Gasteiger charge is 2.67. The fraction of sp³-hybridized carbons (Fsp3) is 0.412. The summed E-state index contributed by atoms with van der Waals surface area (Å²) in [5.41, 5.74) is 8.31. The first-order valence-electron chi connectivity index (χ1n) is 9.85. The molecule has 2 atom stereocenters. The molecule has 0 aliphatic carbocycles. The molecule has 0 aromatic carbocycles. The Morgan fingerprint density at radius 1 is 1.33 bits per heavy atom. The molecule has 36 heavy (non-hydrogen) atoms. The number of nitrogens with zero attached hydrogens (tertiary/aromatic N) is 3. The van der Waals surface area contributed by atoms with Crippen molar-refractivity contribution in [2.75, 3.05) is 25.7 Å². The van der Waals surface area contributed by atoms with Crippen molar-refractivity contribution in [2.45, 2.75) is 15.7 Å². The molecule has 0 spiro atoms. The maximum Gasteiger partial charge on any atom is 0.352 e. The van der Waals surface area contributed by atoms with Crippen LogP contribution in [-0.4, -0.2) is 96.3 Å². The minimum absolute atomic E-state index is 0.0800. The summed E-state index contributed by atoms with van der Waals surface area (Å²) in [5.74, 6) is -4.79. The normalized spacial score (nSPS) is 26.9. The molecule has 2 fully saturated rings. The number of carboxylic acids is 2. The minimum Gasteiger partial charge on any atom is -0.477 e. The number of carboxylic acid groups (broad SMARTS) is 2. The molecule has 4 aliphatic rings. The SMILES string of the molecule is CO[C@@]1(NC(=O)C2SC(=C(C(N)=O)C(=O)O)S2)C(=O)N2C(C(=O)O)=C(CSC3=NNNN3C)CSC21. The topological polar surface area (TPSA) is 216 Å². The molecule has 0 aromatic rings. The van der Waals surface area contributed by atoms with E-state index in [1.165, 1.54) is 30.6 Å². The molecule has 194 valence electrons. The number of hydrogen-bond donors (Lipinski definition) is 6. The molecular weight excluding hydrogens is 558 g/mol. The lowest BCUT2D eigenvalue weighted by molar-refractivity contribution is -0.192. The molecule has 15 nitrogen and oxygen atoms in total. The average Bonchev–Trinajstić information content (AvgIpc) is 3.20. The molecular formula is C17H19N7O8S4. The number of aliphatic carboxylic acids is 2. The van der Waals surface area contributed by atoms with E-state index in [0.717, 1.165) is 28.4 Å². The summed E-state index contributed by atoms with van der Waals surface area (Å²) in [7, 11) is 2.95. The molecule has 19 heteroatoms. The van der Waals surface area contributed by atoms with Gasteiger partial charge < -0.3 is 26.0 Å². The monoisotopic (exact) mass is 577 g/mol. The molecule has 0 saturated carbocycles. The van der Waals surface area contributed by atoms with E-state index in [-0.39, 0.29) is 21.4 Å². The van der Waals surface area contributed by atoms with Crippen LogP contribution in [0, 0.1) is 0 Å². The van der Waals surface area contributed by atoms with E-state index in [0.29, 0.717) is 10.7 Å². The zero-order valence-electron chi connectivity index (χ0n) is 18.5. The van der Waals surface area contributed by atoms with Gasteiger partial charge in [0.2, 0.25) is 5.91 Å². The highest BCUT2D eigenvalue weighted by atomic mass is 32.3. The number of thioether (sulfide) groups is 4. The molecule has 3 amide bonds. The molecule has 0 radical (unpaired) electrons. The van der Waals surface area contributed by atoms with E-state index in [9.17, 15) is 29.1 Å². The maximum absolute atomic E-state index is 13.2. The Bertz CT molecular complexity index is 1140. The van der Waals surface area contributed by atoms with Gasteiger partial charge in [-0.15, -0.1) is 22.4 Å². The highest BCUT2D eigenvalue weighted by molar-refractivity contribution is 8.39. The summed E-state index contributed by atoms with van der Waals surface area (Å²) in [4.78, 5) is 61.8. The van der Waals surface area contributed by atoms with Gasteiger partial charge in [-0.25, -0.2) is 15.1 Å². The van der Waals surface area contributed by atoms with E-state index < -0.39 is 50.9 Å². The van der Waals surface area contributed by atoms with Crippen LogP contribution in [0.1, 0.15) is 0 Å². The Balaban J connectivity index is 1.48. The first-order valence-corrected chi connectivity index (χ1v) is 13.6. The van der Waals surface area contributed by atoms with Crippen molar-refractivity contribution in [1.82, 2.24) is 26.3 Å². The Labute approximate surface area is 219 Å². The van der Waals surface area contributed by atoms with Crippen molar-refractivity contribution in [2.24, 2.45) is 10.8 Å². The number of hydrogen-bond acceptors (Lipinski definition) is 14. The van der Waals surface area contributed by atoms with Crippen LogP contribution in [0.3, 0.4) is 0 Å². The Hall–Kier alpha value is -2.58. The van der Waals surface area contributed by atoms with Crippen LogP contribution in [0.25, 0.3) is 0 Å². The summed E-state index contributed by atoms with van der Waals surface area (Å²) in [5, 5.41) is 26.9. The summed E-state index contributed by atoms with van der Waals surface area (Å²) in [6, 6.07) is 0. The fourth-order valence-corrected chi connectivity index (χ4v) is 8.24. The van der Waals surface area contributed by atoms with Crippen molar-refractivity contribution >= 4 is 81.9 Å². The van der Waals surface area contributed by atoms with Crippen LogP contribution in [0.15, 0.2) is 26.2 Å². The van der Waals surface area contributed by atoms with Crippen LogP contribution in [0.5, 0.6) is 0 Å². The van der Waals surface area contributed by atoms with Crippen molar-refractivity contribution in [3.8, 4) is 0 Å². The summed E-state index contributed by atoms with van der Waals surface area (Å²) in [6.07, 6.45) is 0. The van der Waals surface area contributed by atoms with Gasteiger partial charge >= 0.3 is 11.9 Å². The Morgan fingerprint density at radius 2 is 2.03 bits per heavy atom. The number of hydrazine groups is 2. The van der Waals surface area contributed by atoms with Crippen molar-refractivity contribution < 1.29 is 38.9 Å². The van der Waals surface area contributed by atoms with E-state index in [2.05, 4.69) is 21.5 Å². The number of β-lactam (4-membered cyclic amide) rings is 1. The predicted octanol–water partition coefficient (Wildman–Crippen LogP) is -1.75. The van der Waals surface area contributed by atoms with E-state index >= 15 is 0 Å². The first-order chi connectivity index (χ1) is 17.0. The minimum atomic E-state index is -1.80. The van der Waals surface area contributed by atoms with Crippen molar-refractivity contribution in [1.29, 1.82) is 0 Å². The lowest BCUT2D eigenvalue weighted by Crippen LogP contribution is -2.81. The number of amidine groups is 1. The summed E-state index contributed by atoms with van der Waals surface area (Å²) < 4.78 is 4.63. The number of ether oxygens (including phenoxy) is 1. The van der Waals surface area contributed by atoms with Gasteiger partial charge in [0.15, 0.2) is 5.17 Å². The molecule has 2 saturated heterocycles. The maximum atomic E-state index is 13.2. The van der Waals surface area contributed by atoms with Gasteiger partial charge in [-0.2, -0.15) is 0 Å². The average molecular weight is 578 g/mol. The van der Waals surface area contributed by atoms with Gasteiger partial charge in [0.05, 0.1) is 4.24 Å². The lowest BCUT2D eigenvalue weighted by Gasteiger charge is -2.56. The van der Waals surface area contributed by atoms with Crippen LogP contribution >= 0.6 is 47.0 Å². The summed E-state index contributed by atoms with van der Waals surface area (Å²) in [6.45, 7) is 0. The second kappa shape index (κ2) is 10.1. The number of rotatable bonds is 8. The molecule has 4 rings (SSSR count). The van der Waals surface area contributed by atoms with E-state index in [1.54, 1.807) is 12.1 Å². The molecule has 7 N–H and O–H groups in total. The number of nitrogens with one attached hydrogen (secondary N) is 3. The van der Waals surface area contributed by atoms with Crippen LogP contribution < -0.4 is 22.1 Å². The number of carbonyl (C=O) groups excluding carboxylic acids is 3. The number of nitrogens with two attached hydrogens (primary N) is 1. The fourth-order valence-electron chi connectivity index (χ4n) is 3.57. The third-order valence-electron chi connectivity index (χ3n) is 5.28. The molecule has 1 unspecified atom stereocenters. The number of methoxy groups -OCH3 is 1. The van der Waals surface area contributed by atoms with Gasteiger partial charge in [-0.3, -0.25) is 24.3 Å².